The van der Waals surface area contributed by atoms with Crippen molar-refractivity contribution in [2.75, 3.05) is 23.0 Å². The van der Waals surface area contributed by atoms with E-state index in [1.807, 2.05) is 11.4 Å². The topological polar surface area (TPSA) is 105 Å². The third-order valence-electron chi connectivity index (χ3n) is 3.51. The van der Waals surface area contributed by atoms with Gasteiger partial charge in [0.1, 0.15) is 12.0 Å². The Balaban J connectivity index is 1.58. The molecule has 1 aromatic carbocycles. The van der Waals surface area contributed by atoms with Gasteiger partial charge in [0.15, 0.2) is 11.6 Å². The van der Waals surface area contributed by atoms with E-state index in [9.17, 15) is 4.79 Å². The molecule has 3 aromatic rings. The molecule has 3 rings (SSSR count). The van der Waals surface area contributed by atoms with Crippen LogP contribution in [0, 0.1) is 0 Å². The molecule has 5 N–H and O–H groups in total. The molecule has 1 amide bonds. The predicted molar refractivity (Wildman–Crippen MR) is 105 cm³/mol. The maximum atomic E-state index is 12.1. The predicted octanol–water partition coefficient (Wildman–Crippen LogP) is 3.19. The van der Waals surface area contributed by atoms with Crippen LogP contribution < -0.4 is 21.9 Å². The molecule has 7 nitrogen and oxygen atoms in total. The molecule has 0 aliphatic heterocycles. The number of hydrazine groups is 1. The highest BCUT2D eigenvalue weighted by molar-refractivity contribution is 7.09. The number of benzene rings is 1. The van der Waals surface area contributed by atoms with Crippen LogP contribution in [-0.4, -0.2) is 22.4 Å². The highest BCUT2D eigenvalue weighted by Crippen LogP contribution is 2.22. The first-order chi connectivity index (χ1) is 12.6. The molecule has 134 valence electrons. The Morgan fingerprint density at radius 2 is 2.04 bits per heavy atom. The lowest BCUT2D eigenvalue weighted by Gasteiger charge is -2.13. The summed E-state index contributed by atoms with van der Waals surface area (Å²) in [6, 6.07) is 10.7. The summed E-state index contributed by atoms with van der Waals surface area (Å²) in [6.07, 6.45) is 2.24. The lowest BCUT2D eigenvalue weighted by Crippen LogP contribution is -2.30. The Bertz CT molecular complexity index is 887. The van der Waals surface area contributed by atoms with Crippen molar-refractivity contribution in [2.24, 2.45) is 0 Å². The number of hydrogen-bond donors (Lipinski definition) is 4. The number of thiophene rings is 1. The Morgan fingerprint density at radius 1 is 1.19 bits per heavy atom. The number of hydrogen-bond acceptors (Lipinski definition) is 7. The first-order valence-corrected chi connectivity index (χ1v) is 9.08. The Labute approximate surface area is 159 Å². The van der Waals surface area contributed by atoms with Gasteiger partial charge in [-0.2, -0.15) is 0 Å². The number of rotatable bonds is 7. The number of amides is 1. The molecular formula is C17H17ClN6OS. The highest BCUT2D eigenvalue weighted by Gasteiger charge is 2.10. The van der Waals surface area contributed by atoms with Crippen molar-refractivity contribution in [3.63, 3.8) is 0 Å². The van der Waals surface area contributed by atoms with Crippen LogP contribution >= 0.6 is 22.9 Å². The van der Waals surface area contributed by atoms with E-state index in [-0.39, 0.29) is 5.91 Å². The average molecular weight is 389 g/mol. The molecule has 0 atom stereocenters. The van der Waals surface area contributed by atoms with Crippen molar-refractivity contribution < 1.29 is 4.79 Å². The third kappa shape index (κ3) is 4.62. The Hall–Kier alpha value is -2.84. The normalized spacial score (nSPS) is 10.3. The van der Waals surface area contributed by atoms with Crippen LogP contribution in [0.2, 0.25) is 5.02 Å². The largest absolute Gasteiger partial charge is 0.393 e. The molecule has 0 radical (unpaired) electrons. The highest BCUT2D eigenvalue weighted by atomic mass is 35.5. The first-order valence-electron chi connectivity index (χ1n) is 7.82. The molecule has 0 saturated heterocycles. The first kappa shape index (κ1) is 18.0. The van der Waals surface area contributed by atoms with Crippen molar-refractivity contribution >= 4 is 46.2 Å². The quantitative estimate of drug-likeness (QED) is 0.463. The van der Waals surface area contributed by atoms with Crippen molar-refractivity contribution in [1.29, 1.82) is 0 Å². The fraction of sp³-hybridized carbons (Fsp3) is 0.118. The number of anilines is 3. The van der Waals surface area contributed by atoms with E-state index in [2.05, 4.69) is 32.2 Å². The zero-order chi connectivity index (χ0) is 18.4. The van der Waals surface area contributed by atoms with Crippen LogP contribution in [0.5, 0.6) is 0 Å². The van der Waals surface area contributed by atoms with Gasteiger partial charge in [0.25, 0.3) is 5.91 Å². The number of carbonyl (C=O) groups excluding carboxylic acids is 1. The number of nitrogens with two attached hydrogens (primary N) is 1. The van der Waals surface area contributed by atoms with Crippen molar-refractivity contribution in [3.05, 3.63) is 63.6 Å². The standard InChI is InChI=1S/C17H17ClN6OS/c18-12-4-1-3-11(9-12)17(25)24-23-16-14(19)15(21-10-22-16)20-7-6-13-5-2-8-26-13/h1-5,8-10H,6-7,19H2,(H,24,25)(H2,20,21,22,23). The second kappa shape index (κ2) is 8.50. The summed E-state index contributed by atoms with van der Waals surface area (Å²) >= 11 is 7.59. The van der Waals surface area contributed by atoms with Crippen LogP contribution in [0.15, 0.2) is 48.1 Å². The Kier molecular flexibility index (Phi) is 5.88. The van der Waals surface area contributed by atoms with Gasteiger partial charge in [-0.3, -0.25) is 15.6 Å². The number of nitrogens with one attached hydrogen (secondary N) is 3. The van der Waals surface area contributed by atoms with Gasteiger partial charge in [-0.05, 0) is 36.1 Å². The molecule has 0 aliphatic carbocycles. The molecule has 0 saturated carbocycles. The van der Waals surface area contributed by atoms with Gasteiger partial charge in [0.05, 0.1) is 0 Å². The van der Waals surface area contributed by atoms with E-state index in [0.717, 1.165) is 6.42 Å². The molecule has 2 heterocycles. The number of nitrogen functional groups attached to an aromatic ring is 1. The molecule has 9 heteroatoms. The summed E-state index contributed by atoms with van der Waals surface area (Å²) in [6.45, 7) is 0.691. The molecular weight excluding hydrogens is 372 g/mol. The maximum Gasteiger partial charge on any atom is 0.269 e. The lowest BCUT2D eigenvalue weighted by molar-refractivity contribution is 0.0962. The maximum absolute atomic E-state index is 12.1. The fourth-order valence-electron chi connectivity index (χ4n) is 2.21. The summed E-state index contributed by atoms with van der Waals surface area (Å²) in [5.41, 5.74) is 12.1. The van der Waals surface area contributed by atoms with E-state index in [0.29, 0.717) is 34.5 Å². The lowest BCUT2D eigenvalue weighted by atomic mass is 10.2. The van der Waals surface area contributed by atoms with Crippen LogP contribution in [-0.2, 0) is 6.42 Å². The number of aromatic nitrogens is 2. The monoisotopic (exact) mass is 388 g/mol. The minimum atomic E-state index is -0.349. The second-order valence-electron chi connectivity index (χ2n) is 5.33. The van der Waals surface area contributed by atoms with Crippen LogP contribution in [0.1, 0.15) is 15.2 Å². The molecule has 26 heavy (non-hydrogen) atoms. The molecule has 0 fully saturated rings. The van der Waals surface area contributed by atoms with Gasteiger partial charge in [-0.15, -0.1) is 11.3 Å². The average Bonchev–Trinajstić information content (AvgIpc) is 3.15. The zero-order valence-corrected chi connectivity index (χ0v) is 15.3. The summed E-state index contributed by atoms with van der Waals surface area (Å²) in [7, 11) is 0. The van der Waals surface area contributed by atoms with Crippen LogP contribution in [0.4, 0.5) is 17.3 Å². The van der Waals surface area contributed by atoms with Gasteiger partial charge in [0.2, 0.25) is 0 Å². The summed E-state index contributed by atoms with van der Waals surface area (Å²) < 4.78 is 0. The van der Waals surface area contributed by atoms with E-state index in [4.69, 9.17) is 17.3 Å². The smallest absolute Gasteiger partial charge is 0.269 e. The molecule has 0 spiro atoms. The van der Waals surface area contributed by atoms with E-state index < -0.39 is 0 Å². The summed E-state index contributed by atoms with van der Waals surface area (Å²) in [5, 5.41) is 5.70. The third-order valence-corrected chi connectivity index (χ3v) is 4.68. The summed E-state index contributed by atoms with van der Waals surface area (Å²) in [4.78, 5) is 21.6. The van der Waals surface area contributed by atoms with E-state index in [1.54, 1.807) is 35.6 Å². The second-order valence-corrected chi connectivity index (χ2v) is 6.80. The number of halogens is 1. The van der Waals surface area contributed by atoms with E-state index >= 15 is 0 Å². The van der Waals surface area contributed by atoms with Crippen molar-refractivity contribution in [2.45, 2.75) is 6.42 Å². The van der Waals surface area contributed by atoms with E-state index in [1.165, 1.54) is 11.2 Å². The van der Waals surface area contributed by atoms with Crippen molar-refractivity contribution in [1.82, 2.24) is 15.4 Å². The molecule has 2 aromatic heterocycles. The molecule has 0 bridgehead atoms. The van der Waals surface area contributed by atoms with Gasteiger partial charge < -0.3 is 11.1 Å². The minimum Gasteiger partial charge on any atom is -0.393 e. The van der Waals surface area contributed by atoms with Crippen molar-refractivity contribution in [3.8, 4) is 0 Å². The van der Waals surface area contributed by atoms with Gasteiger partial charge in [-0.1, -0.05) is 23.7 Å². The number of nitrogens with zero attached hydrogens (tertiary/aromatic N) is 2. The SMILES string of the molecule is Nc1c(NCCc2cccs2)ncnc1NNC(=O)c1cccc(Cl)c1. The summed E-state index contributed by atoms with van der Waals surface area (Å²) in [5.74, 6) is 0.475. The minimum absolute atomic E-state index is 0.314. The van der Waals surface area contributed by atoms with Crippen LogP contribution in [0.3, 0.4) is 0 Å². The fourth-order valence-corrected chi connectivity index (χ4v) is 3.11. The zero-order valence-electron chi connectivity index (χ0n) is 13.7. The van der Waals surface area contributed by atoms with Gasteiger partial charge >= 0.3 is 0 Å². The van der Waals surface area contributed by atoms with Gasteiger partial charge in [-0.25, -0.2) is 9.97 Å². The molecule has 0 unspecified atom stereocenters. The number of carbonyl (C=O) groups is 1. The van der Waals surface area contributed by atoms with Crippen LogP contribution in [0.25, 0.3) is 0 Å². The molecule has 0 aliphatic rings. The van der Waals surface area contributed by atoms with Gasteiger partial charge in [0, 0.05) is 22.0 Å². The Morgan fingerprint density at radius 3 is 2.81 bits per heavy atom.